The molecule has 4 aromatic rings. The Kier molecular flexibility index (Phi) is 8.29. The van der Waals surface area contributed by atoms with Gasteiger partial charge in [-0.15, -0.1) is 0 Å². The van der Waals surface area contributed by atoms with E-state index >= 15 is 0 Å². The van der Waals surface area contributed by atoms with Crippen LogP contribution in [0.25, 0.3) is 11.3 Å². The molecular weight excluding hydrogens is 539 g/mol. The van der Waals surface area contributed by atoms with Crippen LogP contribution in [0.3, 0.4) is 0 Å². The average Bonchev–Trinajstić information content (AvgIpc) is 3.42. The second kappa shape index (κ2) is 12.0. The fourth-order valence-corrected chi connectivity index (χ4v) is 4.99. The molecule has 1 fully saturated rings. The van der Waals surface area contributed by atoms with E-state index in [-0.39, 0.29) is 10.9 Å². The zero-order valence-corrected chi connectivity index (χ0v) is 22.8. The predicted octanol–water partition coefficient (Wildman–Crippen LogP) is 6.70. The number of halogens is 2. The molecule has 0 saturated carbocycles. The molecule has 1 aromatic heterocycles. The van der Waals surface area contributed by atoms with Gasteiger partial charge in [0.1, 0.15) is 5.76 Å². The lowest BCUT2D eigenvalue weighted by Gasteiger charge is -2.36. The molecule has 3 aromatic carbocycles. The first-order chi connectivity index (χ1) is 18.5. The van der Waals surface area contributed by atoms with Gasteiger partial charge in [0, 0.05) is 49.7 Å². The lowest BCUT2D eigenvalue weighted by Crippen LogP contribution is -2.45. The molecule has 0 unspecified atom stereocenters. The first-order valence-corrected chi connectivity index (χ1v) is 13.4. The van der Waals surface area contributed by atoms with Gasteiger partial charge in [-0.25, -0.2) is 0 Å². The summed E-state index contributed by atoms with van der Waals surface area (Å²) in [5.41, 5.74) is 3.90. The highest BCUT2D eigenvalue weighted by Gasteiger charge is 2.18. The standard InChI is InChI=1S/C29H26Cl2N4O2S/c30-24-8-4-7-23(27(24)31)25-13-14-26(37-25)28(36)33-29(38)32-21-9-11-22(12-10-21)35-17-15-34(16-18-35)19-20-5-2-1-3-6-20/h1-14H,15-19H2,(H2,32,33,36,38). The van der Waals surface area contributed by atoms with Crippen molar-refractivity contribution in [1.82, 2.24) is 10.2 Å². The van der Waals surface area contributed by atoms with Gasteiger partial charge in [0.2, 0.25) is 0 Å². The van der Waals surface area contributed by atoms with Crippen LogP contribution in [0.1, 0.15) is 16.1 Å². The monoisotopic (exact) mass is 564 g/mol. The van der Waals surface area contributed by atoms with Gasteiger partial charge >= 0.3 is 0 Å². The summed E-state index contributed by atoms with van der Waals surface area (Å²) < 4.78 is 5.69. The topological polar surface area (TPSA) is 60.8 Å². The highest BCUT2D eigenvalue weighted by atomic mass is 35.5. The van der Waals surface area contributed by atoms with E-state index < -0.39 is 5.91 Å². The maximum atomic E-state index is 12.6. The van der Waals surface area contributed by atoms with Gasteiger partial charge in [0.25, 0.3) is 5.91 Å². The molecule has 0 atom stereocenters. The summed E-state index contributed by atoms with van der Waals surface area (Å²) in [6.07, 6.45) is 0. The van der Waals surface area contributed by atoms with Crippen molar-refractivity contribution >= 4 is 57.8 Å². The molecule has 194 valence electrons. The molecule has 0 bridgehead atoms. The number of carbonyl (C=O) groups excluding carboxylic acids is 1. The second-order valence-electron chi connectivity index (χ2n) is 8.97. The molecule has 0 aliphatic carbocycles. The highest BCUT2D eigenvalue weighted by molar-refractivity contribution is 7.80. The Labute approximate surface area is 237 Å². The van der Waals surface area contributed by atoms with Crippen molar-refractivity contribution in [1.29, 1.82) is 0 Å². The zero-order chi connectivity index (χ0) is 26.5. The van der Waals surface area contributed by atoms with Crippen molar-refractivity contribution in [2.45, 2.75) is 6.54 Å². The van der Waals surface area contributed by atoms with Crippen LogP contribution in [0, 0.1) is 0 Å². The Morgan fingerprint density at radius 2 is 1.61 bits per heavy atom. The summed E-state index contributed by atoms with van der Waals surface area (Å²) in [4.78, 5) is 17.5. The maximum Gasteiger partial charge on any atom is 0.293 e. The normalized spacial score (nSPS) is 13.8. The minimum absolute atomic E-state index is 0.113. The van der Waals surface area contributed by atoms with E-state index in [1.165, 1.54) is 5.56 Å². The van der Waals surface area contributed by atoms with Gasteiger partial charge in [0.15, 0.2) is 10.9 Å². The largest absolute Gasteiger partial charge is 0.451 e. The molecule has 1 saturated heterocycles. The fourth-order valence-electron chi connectivity index (χ4n) is 4.39. The number of nitrogens with zero attached hydrogens (tertiary/aromatic N) is 2. The zero-order valence-electron chi connectivity index (χ0n) is 20.5. The smallest absolute Gasteiger partial charge is 0.293 e. The third-order valence-corrected chi connectivity index (χ3v) is 7.41. The van der Waals surface area contributed by atoms with Crippen LogP contribution < -0.4 is 15.5 Å². The van der Waals surface area contributed by atoms with Gasteiger partial charge in [-0.2, -0.15) is 0 Å². The Bertz CT molecular complexity index is 1420. The Balaban J connectivity index is 1.11. The quantitative estimate of drug-likeness (QED) is 0.254. The number of hydrogen-bond donors (Lipinski definition) is 2. The number of piperazine rings is 1. The number of hydrogen-bond acceptors (Lipinski definition) is 5. The van der Waals surface area contributed by atoms with Crippen LogP contribution in [0.5, 0.6) is 0 Å². The molecule has 0 radical (unpaired) electrons. The third kappa shape index (κ3) is 6.37. The summed E-state index contributed by atoms with van der Waals surface area (Å²) in [6, 6.07) is 27.1. The first kappa shape index (κ1) is 26.3. The third-order valence-electron chi connectivity index (χ3n) is 6.39. The van der Waals surface area contributed by atoms with Gasteiger partial charge in [-0.1, -0.05) is 59.6 Å². The van der Waals surface area contributed by atoms with Gasteiger partial charge in [-0.05, 0) is 66.3 Å². The van der Waals surface area contributed by atoms with Gasteiger partial charge in [0.05, 0.1) is 10.0 Å². The number of carbonyl (C=O) groups is 1. The van der Waals surface area contributed by atoms with Crippen molar-refractivity contribution in [3.63, 3.8) is 0 Å². The summed E-state index contributed by atoms with van der Waals surface area (Å²) >= 11 is 17.7. The number of thiocarbonyl (C=S) groups is 1. The summed E-state index contributed by atoms with van der Waals surface area (Å²) in [5, 5.41) is 6.66. The van der Waals surface area contributed by atoms with E-state index in [9.17, 15) is 4.79 Å². The number of rotatable bonds is 6. The van der Waals surface area contributed by atoms with Crippen LogP contribution in [0.4, 0.5) is 11.4 Å². The summed E-state index contributed by atoms with van der Waals surface area (Å²) in [5.74, 6) is 0.0943. The minimum Gasteiger partial charge on any atom is -0.451 e. The maximum absolute atomic E-state index is 12.6. The minimum atomic E-state index is -0.461. The molecule has 2 heterocycles. The molecule has 2 N–H and O–H groups in total. The molecule has 5 rings (SSSR count). The molecule has 38 heavy (non-hydrogen) atoms. The lowest BCUT2D eigenvalue weighted by molar-refractivity contribution is 0.0951. The molecule has 1 amide bonds. The molecule has 1 aliphatic rings. The highest BCUT2D eigenvalue weighted by Crippen LogP contribution is 2.34. The van der Waals surface area contributed by atoms with E-state index in [0.717, 1.165) is 44.1 Å². The molecule has 0 spiro atoms. The van der Waals surface area contributed by atoms with Crippen molar-refractivity contribution in [3.8, 4) is 11.3 Å². The van der Waals surface area contributed by atoms with Crippen molar-refractivity contribution in [2.24, 2.45) is 0 Å². The number of anilines is 2. The fraction of sp³-hybridized carbons (Fsp3) is 0.172. The van der Waals surface area contributed by atoms with Crippen LogP contribution in [-0.4, -0.2) is 42.1 Å². The SMILES string of the molecule is O=C(NC(=S)Nc1ccc(N2CCN(Cc3ccccc3)CC2)cc1)c1ccc(-c2cccc(Cl)c2Cl)o1. The number of amides is 1. The number of nitrogens with one attached hydrogen (secondary N) is 2. The lowest BCUT2D eigenvalue weighted by atomic mass is 10.2. The Hall–Kier alpha value is -3.36. The van der Waals surface area contributed by atoms with Gasteiger partial charge in [-0.3, -0.25) is 15.0 Å². The average molecular weight is 566 g/mol. The number of furan rings is 1. The van der Waals surface area contributed by atoms with E-state index in [2.05, 4.69) is 62.9 Å². The summed E-state index contributed by atoms with van der Waals surface area (Å²) in [7, 11) is 0. The van der Waals surface area contributed by atoms with Crippen LogP contribution in [0.2, 0.25) is 10.0 Å². The second-order valence-corrected chi connectivity index (χ2v) is 10.2. The van der Waals surface area contributed by atoms with Gasteiger partial charge < -0.3 is 14.6 Å². The Morgan fingerprint density at radius 1 is 0.868 bits per heavy atom. The van der Waals surface area contributed by atoms with Crippen molar-refractivity contribution in [3.05, 3.63) is 106 Å². The number of benzene rings is 3. The van der Waals surface area contributed by atoms with E-state index in [4.69, 9.17) is 39.8 Å². The molecule has 9 heteroatoms. The summed E-state index contributed by atoms with van der Waals surface area (Å²) in [6.45, 7) is 4.96. The van der Waals surface area contributed by atoms with Crippen LogP contribution >= 0.6 is 35.4 Å². The van der Waals surface area contributed by atoms with Crippen LogP contribution in [-0.2, 0) is 6.54 Å². The van der Waals surface area contributed by atoms with E-state index in [1.54, 1.807) is 30.3 Å². The first-order valence-electron chi connectivity index (χ1n) is 12.2. The van der Waals surface area contributed by atoms with E-state index in [1.807, 2.05) is 12.1 Å². The van der Waals surface area contributed by atoms with Crippen molar-refractivity contribution < 1.29 is 9.21 Å². The molecular formula is C29H26Cl2N4O2S. The Morgan fingerprint density at radius 3 is 2.34 bits per heavy atom. The molecule has 6 nitrogen and oxygen atoms in total. The predicted molar refractivity (Wildman–Crippen MR) is 158 cm³/mol. The van der Waals surface area contributed by atoms with Crippen molar-refractivity contribution in [2.75, 3.05) is 36.4 Å². The van der Waals surface area contributed by atoms with E-state index in [0.29, 0.717) is 21.4 Å². The molecule has 1 aliphatic heterocycles. The van der Waals surface area contributed by atoms with Crippen LogP contribution in [0.15, 0.2) is 89.3 Å².